The predicted octanol–water partition coefficient (Wildman–Crippen LogP) is 4.01. The summed E-state index contributed by atoms with van der Waals surface area (Å²) >= 11 is 6.12. The summed E-state index contributed by atoms with van der Waals surface area (Å²) in [6.07, 6.45) is 0. The fraction of sp³-hybridized carbons (Fsp3) is 0.231. The monoisotopic (exact) mass is 513 g/mol. The summed E-state index contributed by atoms with van der Waals surface area (Å²) in [7, 11) is -2.59. The summed E-state index contributed by atoms with van der Waals surface area (Å²) in [5.74, 6) is -0.891. The lowest BCUT2D eigenvalue weighted by Crippen LogP contribution is -2.50. The van der Waals surface area contributed by atoms with Crippen molar-refractivity contribution in [2.75, 3.05) is 17.9 Å². The van der Waals surface area contributed by atoms with Gasteiger partial charge in [-0.3, -0.25) is 13.9 Å². The molecule has 0 aromatic heterocycles. The molecular weight excluding hydrogens is 486 g/mol. The van der Waals surface area contributed by atoms with Crippen LogP contribution in [0.25, 0.3) is 0 Å². The average Bonchev–Trinajstić information content (AvgIpc) is 2.85. The van der Waals surface area contributed by atoms with Crippen LogP contribution in [-0.4, -0.2) is 44.8 Å². The summed E-state index contributed by atoms with van der Waals surface area (Å²) in [5, 5.41) is 3.05. The number of hydrogen-bond acceptors (Lipinski definition) is 4. The van der Waals surface area contributed by atoms with Gasteiger partial charge >= 0.3 is 0 Å². The molecule has 0 radical (unpaired) electrons. The molecule has 3 aromatic rings. The Labute approximate surface area is 211 Å². The number of anilines is 1. The van der Waals surface area contributed by atoms with Crippen molar-refractivity contribution in [2.45, 2.75) is 31.3 Å². The second-order valence-electron chi connectivity index (χ2n) is 8.05. The number of amides is 2. The zero-order chi connectivity index (χ0) is 25.6. The highest BCUT2D eigenvalue weighted by Crippen LogP contribution is 2.27. The van der Waals surface area contributed by atoms with Crippen LogP contribution in [0.1, 0.15) is 18.1 Å². The Bertz CT molecular complexity index is 1300. The van der Waals surface area contributed by atoms with E-state index in [0.29, 0.717) is 16.3 Å². The SMILES string of the molecule is CNC(=O)C(C)N(Cc1cccc(Cl)c1)C(=O)CN(c1ccccc1C)S(=O)(=O)c1ccccc1. The number of rotatable bonds is 9. The normalized spacial score (nSPS) is 12.0. The Morgan fingerprint density at radius 2 is 1.63 bits per heavy atom. The van der Waals surface area contributed by atoms with Crippen LogP contribution in [0, 0.1) is 6.92 Å². The first-order valence-corrected chi connectivity index (χ1v) is 12.9. The summed E-state index contributed by atoms with van der Waals surface area (Å²) in [5.41, 5.74) is 1.80. The lowest BCUT2D eigenvalue weighted by molar-refractivity contribution is -0.139. The smallest absolute Gasteiger partial charge is 0.264 e. The first-order valence-electron chi connectivity index (χ1n) is 11.0. The summed E-state index contributed by atoms with van der Waals surface area (Å²) in [6, 6.07) is 21.0. The van der Waals surface area contributed by atoms with Crippen LogP contribution in [-0.2, 0) is 26.2 Å². The molecule has 0 aliphatic carbocycles. The molecule has 35 heavy (non-hydrogen) atoms. The molecule has 0 aliphatic heterocycles. The maximum Gasteiger partial charge on any atom is 0.264 e. The predicted molar refractivity (Wildman–Crippen MR) is 138 cm³/mol. The van der Waals surface area contributed by atoms with Crippen molar-refractivity contribution in [3.63, 3.8) is 0 Å². The highest BCUT2D eigenvalue weighted by molar-refractivity contribution is 7.92. The van der Waals surface area contributed by atoms with E-state index in [0.717, 1.165) is 9.87 Å². The van der Waals surface area contributed by atoms with E-state index in [9.17, 15) is 18.0 Å². The first kappa shape index (κ1) is 26.2. The van der Waals surface area contributed by atoms with E-state index in [4.69, 9.17) is 11.6 Å². The van der Waals surface area contributed by atoms with Gasteiger partial charge in [0.15, 0.2) is 0 Å². The Morgan fingerprint density at radius 3 is 2.26 bits per heavy atom. The summed E-state index contributed by atoms with van der Waals surface area (Å²) in [6.45, 7) is 2.99. The molecule has 3 rings (SSSR count). The molecule has 0 bridgehead atoms. The molecule has 7 nitrogen and oxygen atoms in total. The van der Waals surface area contributed by atoms with Crippen molar-refractivity contribution in [3.05, 3.63) is 95.0 Å². The molecular formula is C26H28ClN3O4S. The number of hydrogen-bond donors (Lipinski definition) is 1. The van der Waals surface area contributed by atoms with Crippen LogP contribution in [0.3, 0.4) is 0 Å². The Morgan fingerprint density at radius 1 is 0.971 bits per heavy atom. The van der Waals surface area contributed by atoms with Crippen LogP contribution in [0.4, 0.5) is 5.69 Å². The third-order valence-electron chi connectivity index (χ3n) is 5.65. The number of sulfonamides is 1. The number of benzene rings is 3. The lowest BCUT2D eigenvalue weighted by Gasteiger charge is -2.32. The standard InChI is InChI=1S/C26H28ClN3O4S/c1-19-10-7-8-15-24(19)30(35(33,34)23-13-5-4-6-14-23)18-25(31)29(20(2)26(32)28-3)17-21-11-9-12-22(27)16-21/h4-16,20H,17-18H2,1-3H3,(H,28,32). The maximum absolute atomic E-state index is 13.7. The Kier molecular flexibility index (Phi) is 8.53. The second kappa shape index (κ2) is 11.4. The molecule has 1 atom stereocenters. The van der Waals surface area contributed by atoms with Gasteiger partial charge in [0.2, 0.25) is 11.8 Å². The number of carbonyl (C=O) groups excluding carboxylic acids is 2. The minimum atomic E-state index is -4.07. The Balaban J connectivity index is 2.04. The van der Waals surface area contributed by atoms with Crippen LogP contribution in [0.5, 0.6) is 0 Å². The fourth-order valence-electron chi connectivity index (χ4n) is 3.70. The number of carbonyl (C=O) groups is 2. The number of halogens is 1. The fourth-order valence-corrected chi connectivity index (χ4v) is 5.41. The van der Waals surface area contributed by atoms with Gasteiger partial charge in [-0.05, 0) is 55.3 Å². The van der Waals surface area contributed by atoms with Crippen LogP contribution >= 0.6 is 11.6 Å². The first-order chi connectivity index (χ1) is 16.6. The molecule has 0 aliphatic rings. The van der Waals surface area contributed by atoms with Crippen LogP contribution < -0.4 is 9.62 Å². The third-order valence-corrected chi connectivity index (χ3v) is 7.66. The van der Waals surface area contributed by atoms with Gasteiger partial charge in [0.1, 0.15) is 12.6 Å². The van der Waals surface area contributed by atoms with Crippen LogP contribution in [0.15, 0.2) is 83.8 Å². The van der Waals surface area contributed by atoms with E-state index in [1.165, 1.54) is 24.1 Å². The molecule has 0 spiro atoms. The minimum absolute atomic E-state index is 0.0665. The van der Waals surface area contributed by atoms with E-state index < -0.39 is 28.5 Å². The molecule has 0 saturated heterocycles. The van der Waals surface area contributed by atoms with Crippen molar-refractivity contribution in [3.8, 4) is 0 Å². The van der Waals surface area contributed by atoms with Gasteiger partial charge in [-0.1, -0.05) is 60.1 Å². The molecule has 0 saturated carbocycles. The molecule has 9 heteroatoms. The largest absolute Gasteiger partial charge is 0.357 e. The van der Waals surface area contributed by atoms with Gasteiger partial charge in [-0.15, -0.1) is 0 Å². The van der Waals surface area contributed by atoms with E-state index in [1.807, 2.05) is 0 Å². The van der Waals surface area contributed by atoms with Crippen LogP contribution in [0.2, 0.25) is 5.02 Å². The quantitative estimate of drug-likeness (QED) is 0.468. The van der Waals surface area contributed by atoms with Gasteiger partial charge in [-0.2, -0.15) is 0 Å². The van der Waals surface area contributed by atoms with E-state index in [2.05, 4.69) is 5.32 Å². The number of nitrogens with one attached hydrogen (secondary N) is 1. The van der Waals surface area contributed by atoms with E-state index in [-0.39, 0.29) is 17.3 Å². The lowest BCUT2D eigenvalue weighted by atomic mass is 10.1. The van der Waals surface area contributed by atoms with Gasteiger partial charge in [0.25, 0.3) is 10.0 Å². The van der Waals surface area contributed by atoms with Crippen molar-refractivity contribution in [1.82, 2.24) is 10.2 Å². The molecule has 184 valence electrons. The van der Waals surface area contributed by atoms with Gasteiger partial charge < -0.3 is 10.2 Å². The molecule has 2 amide bonds. The number of para-hydroxylation sites is 1. The molecule has 0 heterocycles. The number of likely N-dealkylation sites (N-methyl/N-ethyl adjacent to an activating group) is 1. The summed E-state index contributed by atoms with van der Waals surface area (Å²) in [4.78, 5) is 27.6. The van der Waals surface area contributed by atoms with Gasteiger partial charge in [-0.25, -0.2) is 8.42 Å². The average molecular weight is 514 g/mol. The molecule has 1 unspecified atom stereocenters. The molecule has 3 aromatic carbocycles. The summed E-state index contributed by atoms with van der Waals surface area (Å²) < 4.78 is 28.4. The van der Waals surface area contributed by atoms with Crippen molar-refractivity contribution in [1.29, 1.82) is 0 Å². The van der Waals surface area contributed by atoms with Crippen molar-refractivity contribution in [2.24, 2.45) is 0 Å². The van der Waals surface area contributed by atoms with Crippen molar-refractivity contribution >= 4 is 39.1 Å². The van der Waals surface area contributed by atoms with Gasteiger partial charge in [0.05, 0.1) is 10.6 Å². The highest BCUT2D eigenvalue weighted by Gasteiger charge is 2.32. The molecule has 1 N–H and O–H groups in total. The highest BCUT2D eigenvalue weighted by atomic mass is 35.5. The molecule has 0 fully saturated rings. The zero-order valence-corrected chi connectivity index (χ0v) is 21.4. The zero-order valence-electron chi connectivity index (χ0n) is 19.8. The number of aryl methyl sites for hydroxylation is 1. The second-order valence-corrected chi connectivity index (χ2v) is 10.4. The van der Waals surface area contributed by atoms with Crippen molar-refractivity contribution < 1.29 is 18.0 Å². The minimum Gasteiger partial charge on any atom is -0.357 e. The topological polar surface area (TPSA) is 86.8 Å². The third kappa shape index (κ3) is 6.21. The maximum atomic E-state index is 13.7. The van der Waals surface area contributed by atoms with E-state index >= 15 is 0 Å². The Hall–Kier alpha value is -3.36. The van der Waals surface area contributed by atoms with Gasteiger partial charge in [0, 0.05) is 18.6 Å². The van der Waals surface area contributed by atoms with E-state index in [1.54, 1.807) is 80.6 Å². The number of nitrogens with zero attached hydrogens (tertiary/aromatic N) is 2.